The zero-order valence-electron chi connectivity index (χ0n) is 18.3. The van der Waals surface area contributed by atoms with Crippen LogP contribution in [-0.2, 0) is 16.1 Å². The Morgan fingerprint density at radius 3 is 2.60 bits per heavy atom. The summed E-state index contributed by atoms with van der Waals surface area (Å²) in [5.41, 5.74) is 1.84. The fourth-order valence-corrected chi connectivity index (χ4v) is 3.03. The third-order valence-corrected chi connectivity index (χ3v) is 4.93. The van der Waals surface area contributed by atoms with Crippen molar-refractivity contribution in [3.8, 4) is 11.5 Å². The average Bonchev–Trinajstić information content (AvgIpc) is 2.76. The Hall–Kier alpha value is -3.02. The van der Waals surface area contributed by atoms with Crippen molar-refractivity contribution in [1.29, 1.82) is 0 Å². The normalized spacial score (nSPS) is 11.5. The number of hydrogen-bond acceptors (Lipinski definition) is 4. The first-order chi connectivity index (χ1) is 14.5. The van der Waals surface area contributed by atoms with E-state index in [0.717, 1.165) is 24.0 Å². The SMILES string of the molecule is CCCCNC(=O)C(C)N(Cc1cccc(OC)c1)C(=O)COc1ccccc1C. The molecule has 1 atom stereocenters. The molecule has 0 saturated carbocycles. The molecule has 1 N–H and O–H groups in total. The van der Waals surface area contributed by atoms with E-state index in [1.54, 1.807) is 18.9 Å². The summed E-state index contributed by atoms with van der Waals surface area (Å²) in [4.78, 5) is 27.2. The molecule has 2 rings (SSSR count). The van der Waals surface area contributed by atoms with Crippen LogP contribution in [0, 0.1) is 6.92 Å². The first kappa shape index (κ1) is 23.3. The van der Waals surface area contributed by atoms with Gasteiger partial charge in [0.25, 0.3) is 5.91 Å². The van der Waals surface area contributed by atoms with Crippen LogP contribution in [0.3, 0.4) is 0 Å². The Kier molecular flexibility index (Phi) is 9.19. The molecule has 0 aliphatic rings. The molecule has 0 heterocycles. The molecule has 2 aromatic carbocycles. The molecular weight excluding hydrogens is 380 g/mol. The van der Waals surface area contributed by atoms with Gasteiger partial charge in [0.1, 0.15) is 17.5 Å². The molecule has 0 bridgehead atoms. The molecule has 162 valence electrons. The molecular formula is C24H32N2O4. The van der Waals surface area contributed by atoms with Gasteiger partial charge >= 0.3 is 0 Å². The van der Waals surface area contributed by atoms with E-state index in [9.17, 15) is 9.59 Å². The van der Waals surface area contributed by atoms with E-state index in [1.165, 1.54) is 0 Å². The second-order valence-corrected chi connectivity index (χ2v) is 7.25. The maximum atomic E-state index is 13.1. The molecule has 0 saturated heterocycles. The molecule has 30 heavy (non-hydrogen) atoms. The van der Waals surface area contributed by atoms with Crippen LogP contribution in [0.2, 0.25) is 0 Å². The number of nitrogens with zero attached hydrogens (tertiary/aromatic N) is 1. The summed E-state index contributed by atoms with van der Waals surface area (Å²) in [5.74, 6) is 0.943. The van der Waals surface area contributed by atoms with Crippen molar-refractivity contribution >= 4 is 11.8 Å². The van der Waals surface area contributed by atoms with Gasteiger partial charge in [0.05, 0.1) is 7.11 Å². The first-order valence-electron chi connectivity index (χ1n) is 10.3. The highest BCUT2D eigenvalue weighted by atomic mass is 16.5. The monoisotopic (exact) mass is 412 g/mol. The third-order valence-electron chi connectivity index (χ3n) is 4.93. The number of ether oxygens (including phenoxy) is 2. The summed E-state index contributed by atoms with van der Waals surface area (Å²) in [6, 6.07) is 14.4. The van der Waals surface area contributed by atoms with Gasteiger partial charge in [0, 0.05) is 13.1 Å². The lowest BCUT2D eigenvalue weighted by Gasteiger charge is -2.29. The van der Waals surface area contributed by atoms with Crippen LogP contribution in [0.25, 0.3) is 0 Å². The van der Waals surface area contributed by atoms with Gasteiger partial charge in [-0.2, -0.15) is 0 Å². The minimum atomic E-state index is -0.624. The molecule has 0 fully saturated rings. The highest BCUT2D eigenvalue weighted by Gasteiger charge is 2.26. The Bertz CT molecular complexity index is 837. The van der Waals surface area contributed by atoms with E-state index in [4.69, 9.17) is 9.47 Å². The predicted molar refractivity (Wildman–Crippen MR) is 118 cm³/mol. The van der Waals surface area contributed by atoms with Crippen molar-refractivity contribution in [2.75, 3.05) is 20.3 Å². The van der Waals surface area contributed by atoms with Crippen LogP contribution in [0.1, 0.15) is 37.8 Å². The average molecular weight is 413 g/mol. The van der Waals surface area contributed by atoms with Gasteiger partial charge in [-0.15, -0.1) is 0 Å². The molecule has 0 spiro atoms. The Morgan fingerprint density at radius 2 is 1.90 bits per heavy atom. The van der Waals surface area contributed by atoms with E-state index in [-0.39, 0.29) is 25.0 Å². The molecule has 0 aromatic heterocycles. The summed E-state index contributed by atoms with van der Waals surface area (Å²) >= 11 is 0. The van der Waals surface area contributed by atoms with E-state index < -0.39 is 6.04 Å². The maximum Gasteiger partial charge on any atom is 0.261 e. The van der Waals surface area contributed by atoms with Crippen LogP contribution < -0.4 is 14.8 Å². The van der Waals surface area contributed by atoms with Crippen LogP contribution in [0.5, 0.6) is 11.5 Å². The number of rotatable bonds is 11. The van der Waals surface area contributed by atoms with Gasteiger partial charge in [0.15, 0.2) is 6.61 Å². The standard InChI is InChI=1S/C24H32N2O4/c1-5-6-14-25-24(28)19(3)26(16-20-11-9-12-21(15-20)29-4)23(27)17-30-22-13-8-7-10-18(22)2/h7-13,15,19H,5-6,14,16-17H2,1-4H3,(H,25,28). The Morgan fingerprint density at radius 1 is 1.13 bits per heavy atom. The number of unbranched alkanes of at least 4 members (excludes halogenated alkanes) is 1. The molecule has 2 aromatic rings. The lowest BCUT2D eigenvalue weighted by Crippen LogP contribution is -2.49. The number of para-hydroxylation sites is 1. The lowest BCUT2D eigenvalue weighted by atomic mass is 10.1. The van der Waals surface area contributed by atoms with Crippen molar-refractivity contribution in [3.63, 3.8) is 0 Å². The number of methoxy groups -OCH3 is 1. The minimum absolute atomic E-state index is 0.137. The number of carbonyl (C=O) groups excluding carboxylic acids is 2. The lowest BCUT2D eigenvalue weighted by molar-refractivity contribution is -0.142. The maximum absolute atomic E-state index is 13.1. The van der Waals surface area contributed by atoms with Gasteiger partial charge in [-0.1, -0.05) is 43.7 Å². The summed E-state index contributed by atoms with van der Waals surface area (Å²) in [7, 11) is 1.60. The summed E-state index contributed by atoms with van der Waals surface area (Å²) < 4.78 is 11.0. The molecule has 0 radical (unpaired) electrons. The topological polar surface area (TPSA) is 67.9 Å². The number of benzene rings is 2. The zero-order chi connectivity index (χ0) is 21.9. The van der Waals surface area contributed by atoms with Crippen molar-refractivity contribution in [2.45, 2.75) is 46.2 Å². The third kappa shape index (κ3) is 6.79. The zero-order valence-corrected chi connectivity index (χ0v) is 18.3. The molecule has 6 nitrogen and oxygen atoms in total. The molecule has 1 unspecified atom stereocenters. The summed E-state index contributed by atoms with van der Waals surface area (Å²) in [5, 5.41) is 2.91. The van der Waals surface area contributed by atoms with Gasteiger partial charge in [-0.3, -0.25) is 9.59 Å². The fourth-order valence-electron chi connectivity index (χ4n) is 3.03. The number of aryl methyl sites for hydroxylation is 1. The molecule has 2 amide bonds. The van der Waals surface area contributed by atoms with E-state index in [1.807, 2.05) is 55.5 Å². The van der Waals surface area contributed by atoms with E-state index >= 15 is 0 Å². The summed E-state index contributed by atoms with van der Waals surface area (Å²) in [6.45, 7) is 6.49. The van der Waals surface area contributed by atoms with Crippen LogP contribution in [0.15, 0.2) is 48.5 Å². The van der Waals surface area contributed by atoms with Crippen LogP contribution >= 0.6 is 0 Å². The largest absolute Gasteiger partial charge is 0.497 e. The van der Waals surface area contributed by atoms with E-state index in [2.05, 4.69) is 12.2 Å². The van der Waals surface area contributed by atoms with Crippen molar-refractivity contribution in [1.82, 2.24) is 10.2 Å². The molecule has 0 aliphatic heterocycles. The van der Waals surface area contributed by atoms with E-state index in [0.29, 0.717) is 18.0 Å². The quantitative estimate of drug-likeness (QED) is 0.571. The predicted octanol–water partition coefficient (Wildman–Crippen LogP) is 3.72. The number of amides is 2. The Balaban J connectivity index is 2.15. The number of hydrogen-bond donors (Lipinski definition) is 1. The van der Waals surface area contributed by atoms with Crippen molar-refractivity contribution in [3.05, 3.63) is 59.7 Å². The summed E-state index contributed by atoms with van der Waals surface area (Å²) in [6.07, 6.45) is 1.89. The first-order valence-corrected chi connectivity index (χ1v) is 10.3. The van der Waals surface area contributed by atoms with Gasteiger partial charge in [0.2, 0.25) is 5.91 Å². The van der Waals surface area contributed by atoms with Crippen LogP contribution in [-0.4, -0.2) is 43.0 Å². The minimum Gasteiger partial charge on any atom is -0.497 e. The Labute approximate surface area is 179 Å². The highest BCUT2D eigenvalue weighted by molar-refractivity contribution is 5.88. The number of nitrogens with one attached hydrogen (secondary N) is 1. The van der Waals surface area contributed by atoms with Crippen LogP contribution in [0.4, 0.5) is 0 Å². The molecule has 6 heteroatoms. The smallest absolute Gasteiger partial charge is 0.261 e. The highest BCUT2D eigenvalue weighted by Crippen LogP contribution is 2.18. The van der Waals surface area contributed by atoms with Gasteiger partial charge < -0.3 is 19.7 Å². The molecule has 0 aliphatic carbocycles. The number of carbonyl (C=O) groups is 2. The van der Waals surface area contributed by atoms with Gasteiger partial charge in [-0.25, -0.2) is 0 Å². The fraction of sp³-hybridized carbons (Fsp3) is 0.417. The van der Waals surface area contributed by atoms with Crippen molar-refractivity contribution < 1.29 is 19.1 Å². The van der Waals surface area contributed by atoms with Crippen molar-refractivity contribution in [2.24, 2.45) is 0 Å². The second-order valence-electron chi connectivity index (χ2n) is 7.25. The second kappa shape index (κ2) is 11.9. The van der Waals surface area contributed by atoms with Gasteiger partial charge in [-0.05, 0) is 49.6 Å².